The Morgan fingerprint density at radius 3 is 2.21 bits per heavy atom. The Morgan fingerprint density at radius 1 is 1.12 bits per heavy atom. The van der Waals surface area contributed by atoms with Crippen LogP contribution in [0.5, 0.6) is 0 Å². The van der Waals surface area contributed by atoms with Gasteiger partial charge < -0.3 is 14.8 Å². The summed E-state index contributed by atoms with van der Waals surface area (Å²) in [6.45, 7) is 3.16. The van der Waals surface area contributed by atoms with E-state index in [-0.39, 0.29) is 22.3 Å². The number of hydrogen-bond acceptors (Lipinski definition) is 5. The third-order valence-corrected chi connectivity index (χ3v) is 3.37. The molecule has 0 fully saturated rings. The van der Waals surface area contributed by atoms with Gasteiger partial charge in [-0.25, -0.2) is 9.59 Å². The molecule has 1 rings (SSSR count). The van der Waals surface area contributed by atoms with Crippen LogP contribution in [-0.4, -0.2) is 30.6 Å². The van der Waals surface area contributed by atoms with Gasteiger partial charge >= 0.3 is 11.9 Å². The second-order valence-corrected chi connectivity index (χ2v) is 5.65. The zero-order valence-electron chi connectivity index (χ0n) is 12.8. The smallest absolute Gasteiger partial charge is 0.331 e. The van der Waals surface area contributed by atoms with E-state index in [0.717, 1.165) is 12.2 Å². The van der Waals surface area contributed by atoms with Crippen LogP contribution >= 0.6 is 34.8 Å². The lowest BCUT2D eigenvalue weighted by Crippen LogP contribution is -2.29. The van der Waals surface area contributed by atoms with Crippen molar-refractivity contribution in [2.45, 2.75) is 20.0 Å². The molecule has 9 heteroatoms. The molecule has 1 aromatic rings. The van der Waals surface area contributed by atoms with Crippen molar-refractivity contribution >= 4 is 58.3 Å². The summed E-state index contributed by atoms with van der Waals surface area (Å²) in [5, 5.41) is 3.03. The number of ether oxygens (including phenoxy) is 2. The predicted molar refractivity (Wildman–Crippen MR) is 91.4 cm³/mol. The van der Waals surface area contributed by atoms with Gasteiger partial charge in [0.2, 0.25) is 0 Å². The molecule has 130 valence electrons. The molecule has 0 saturated heterocycles. The quantitative estimate of drug-likeness (QED) is 0.588. The van der Waals surface area contributed by atoms with Crippen molar-refractivity contribution in [1.82, 2.24) is 0 Å². The molecule has 1 atom stereocenters. The van der Waals surface area contributed by atoms with E-state index >= 15 is 0 Å². The Labute approximate surface area is 153 Å². The second kappa shape index (κ2) is 9.52. The summed E-state index contributed by atoms with van der Waals surface area (Å²) in [6, 6.07) is 2.81. The van der Waals surface area contributed by atoms with E-state index in [4.69, 9.17) is 39.5 Å². The van der Waals surface area contributed by atoms with Crippen LogP contribution in [0.2, 0.25) is 15.1 Å². The average molecular weight is 395 g/mol. The molecular formula is C15H14Cl3NO5. The summed E-state index contributed by atoms with van der Waals surface area (Å²) in [7, 11) is 0. The molecule has 24 heavy (non-hydrogen) atoms. The maximum atomic E-state index is 12.0. The molecule has 6 nitrogen and oxygen atoms in total. The monoisotopic (exact) mass is 393 g/mol. The number of hydrogen-bond donors (Lipinski definition) is 1. The number of amides is 1. The van der Waals surface area contributed by atoms with E-state index in [1.165, 1.54) is 19.1 Å². The van der Waals surface area contributed by atoms with E-state index < -0.39 is 23.9 Å². The highest BCUT2D eigenvalue weighted by atomic mass is 35.5. The highest BCUT2D eigenvalue weighted by Crippen LogP contribution is 2.33. The summed E-state index contributed by atoms with van der Waals surface area (Å²) in [6.07, 6.45) is 0.625. The Morgan fingerprint density at radius 2 is 1.67 bits per heavy atom. The number of esters is 2. The number of anilines is 1. The molecule has 0 saturated carbocycles. The van der Waals surface area contributed by atoms with Crippen LogP contribution < -0.4 is 5.32 Å². The highest BCUT2D eigenvalue weighted by Gasteiger charge is 2.19. The van der Waals surface area contributed by atoms with Crippen molar-refractivity contribution in [2.75, 3.05) is 11.9 Å². The third kappa shape index (κ3) is 6.39. The van der Waals surface area contributed by atoms with Crippen molar-refractivity contribution in [2.24, 2.45) is 0 Å². The molecule has 0 bridgehead atoms. The van der Waals surface area contributed by atoms with E-state index in [9.17, 15) is 14.4 Å². The topological polar surface area (TPSA) is 81.7 Å². The molecule has 0 aromatic heterocycles. The van der Waals surface area contributed by atoms with Gasteiger partial charge in [-0.1, -0.05) is 34.8 Å². The first kappa shape index (κ1) is 20.3. The Bertz CT molecular complexity index is 652. The molecule has 0 aliphatic heterocycles. The largest absolute Gasteiger partial charge is 0.463 e. The standard InChI is InChI=1S/C15H14Cl3NO5/c1-3-23-12(20)4-5-13(21)24-8(2)15(22)19-14-10(17)6-9(16)7-11(14)18/h4-8H,3H2,1-2H3,(H,19,22)/b5-4+/t8-/m1/s1. The van der Waals surface area contributed by atoms with Gasteiger partial charge in [0.25, 0.3) is 5.91 Å². The maximum absolute atomic E-state index is 12.0. The molecule has 1 amide bonds. The van der Waals surface area contributed by atoms with Crippen LogP contribution in [0.15, 0.2) is 24.3 Å². The fraction of sp³-hybridized carbons (Fsp3) is 0.267. The zero-order chi connectivity index (χ0) is 18.3. The summed E-state index contributed by atoms with van der Waals surface area (Å²) in [5.41, 5.74) is 0.151. The molecule has 1 aromatic carbocycles. The summed E-state index contributed by atoms with van der Waals surface area (Å²) in [5.74, 6) is -2.22. The van der Waals surface area contributed by atoms with Crippen molar-refractivity contribution in [1.29, 1.82) is 0 Å². The van der Waals surface area contributed by atoms with Crippen LogP contribution in [0.4, 0.5) is 5.69 Å². The molecule has 0 radical (unpaired) electrons. The molecule has 0 heterocycles. The minimum absolute atomic E-state index is 0.140. The van der Waals surface area contributed by atoms with Crippen molar-refractivity contribution < 1.29 is 23.9 Å². The van der Waals surface area contributed by atoms with Crippen LogP contribution in [0.25, 0.3) is 0 Å². The first-order valence-electron chi connectivity index (χ1n) is 6.75. The van der Waals surface area contributed by atoms with Gasteiger partial charge in [0.05, 0.1) is 22.3 Å². The number of halogens is 3. The van der Waals surface area contributed by atoms with Gasteiger partial charge in [0.1, 0.15) is 0 Å². The Kier molecular flexibility index (Phi) is 8.04. The molecule has 0 aliphatic carbocycles. The van der Waals surface area contributed by atoms with Crippen LogP contribution in [0.1, 0.15) is 13.8 Å². The fourth-order valence-corrected chi connectivity index (χ4v) is 2.39. The number of rotatable bonds is 6. The summed E-state index contributed by atoms with van der Waals surface area (Å²) in [4.78, 5) is 34.6. The first-order chi connectivity index (χ1) is 11.2. The van der Waals surface area contributed by atoms with Crippen LogP contribution in [0.3, 0.4) is 0 Å². The van der Waals surface area contributed by atoms with E-state index in [2.05, 4.69) is 10.1 Å². The van der Waals surface area contributed by atoms with Gasteiger partial charge in [0, 0.05) is 17.2 Å². The van der Waals surface area contributed by atoms with Crippen LogP contribution in [0, 0.1) is 0 Å². The van der Waals surface area contributed by atoms with E-state index in [0.29, 0.717) is 5.02 Å². The fourth-order valence-electron chi connectivity index (χ4n) is 1.48. The zero-order valence-corrected chi connectivity index (χ0v) is 15.0. The van der Waals surface area contributed by atoms with Crippen molar-refractivity contribution in [3.63, 3.8) is 0 Å². The second-order valence-electron chi connectivity index (χ2n) is 4.40. The predicted octanol–water partition coefficient (Wildman–Crippen LogP) is 3.64. The number of carbonyl (C=O) groups excluding carboxylic acids is 3. The lowest BCUT2D eigenvalue weighted by molar-refractivity contribution is -0.148. The van der Waals surface area contributed by atoms with Gasteiger partial charge in [-0.05, 0) is 26.0 Å². The molecule has 1 N–H and O–H groups in total. The highest BCUT2D eigenvalue weighted by molar-refractivity contribution is 6.42. The maximum Gasteiger partial charge on any atom is 0.331 e. The lowest BCUT2D eigenvalue weighted by atomic mass is 10.3. The van der Waals surface area contributed by atoms with Crippen molar-refractivity contribution in [3.8, 4) is 0 Å². The molecular weight excluding hydrogens is 381 g/mol. The van der Waals surface area contributed by atoms with Crippen LogP contribution in [-0.2, 0) is 23.9 Å². The third-order valence-electron chi connectivity index (χ3n) is 2.56. The normalized spacial score (nSPS) is 11.9. The van der Waals surface area contributed by atoms with E-state index in [1.807, 2.05) is 0 Å². The molecule has 0 spiro atoms. The first-order valence-corrected chi connectivity index (χ1v) is 7.88. The number of nitrogens with one attached hydrogen (secondary N) is 1. The Hall–Kier alpha value is -1.76. The summed E-state index contributed by atoms with van der Waals surface area (Å²) >= 11 is 17.7. The number of carbonyl (C=O) groups is 3. The lowest BCUT2D eigenvalue weighted by Gasteiger charge is -2.14. The minimum atomic E-state index is -1.15. The number of benzene rings is 1. The van der Waals surface area contributed by atoms with Gasteiger partial charge in [-0.2, -0.15) is 0 Å². The Balaban J connectivity index is 2.66. The van der Waals surface area contributed by atoms with Gasteiger partial charge in [-0.3, -0.25) is 4.79 Å². The summed E-state index contributed by atoms with van der Waals surface area (Å²) < 4.78 is 9.47. The van der Waals surface area contributed by atoms with E-state index in [1.54, 1.807) is 6.92 Å². The minimum Gasteiger partial charge on any atom is -0.463 e. The van der Waals surface area contributed by atoms with Gasteiger partial charge in [0.15, 0.2) is 6.10 Å². The molecule has 0 unspecified atom stereocenters. The SMILES string of the molecule is CCOC(=O)/C=C/C(=O)O[C@H](C)C(=O)Nc1c(Cl)cc(Cl)cc1Cl. The molecule has 0 aliphatic rings. The average Bonchev–Trinajstić information content (AvgIpc) is 2.48. The van der Waals surface area contributed by atoms with Crippen molar-refractivity contribution in [3.05, 3.63) is 39.4 Å². The van der Waals surface area contributed by atoms with Gasteiger partial charge in [-0.15, -0.1) is 0 Å².